The number of hydrogen-bond acceptors (Lipinski definition) is 4. The van der Waals surface area contributed by atoms with Crippen molar-refractivity contribution in [3.05, 3.63) is 60.2 Å². The van der Waals surface area contributed by atoms with Gasteiger partial charge in [0.05, 0.1) is 23.5 Å². The molecule has 0 aromatic carbocycles. The van der Waals surface area contributed by atoms with E-state index in [1.807, 2.05) is 48.8 Å². The molecule has 1 fully saturated rings. The van der Waals surface area contributed by atoms with E-state index in [-0.39, 0.29) is 25.2 Å². The minimum absolute atomic E-state index is 0.194. The van der Waals surface area contributed by atoms with Crippen LogP contribution in [0.25, 0.3) is 0 Å². The molecular weight excluding hydrogens is 399 g/mol. The van der Waals surface area contributed by atoms with Gasteiger partial charge in [0.1, 0.15) is 0 Å². The van der Waals surface area contributed by atoms with Crippen molar-refractivity contribution in [2.75, 3.05) is 0 Å². The fourth-order valence-electron chi connectivity index (χ4n) is 2.69. The van der Waals surface area contributed by atoms with Gasteiger partial charge in [0.25, 0.3) is 0 Å². The first-order valence-electron chi connectivity index (χ1n) is 8.07. The molecule has 0 N–H and O–H groups in total. The summed E-state index contributed by atoms with van der Waals surface area (Å²) < 4.78 is 0. The van der Waals surface area contributed by atoms with Crippen LogP contribution in [0.5, 0.6) is 0 Å². The Morgan fingerprint density at radius 2 is 1.28 bits per heavy atom. The molecule has 2 atom stereocenters. The molecule has 0 bridgehead atoms. The SMILES string of the molecule is C(=NC1CCCCC1N=Cc1ccccn1)c1ccccn1.[Cl][Fe][Cl]. The van der Waals surface area contributed by atoms with Crippen LogP contribution in [0.4, 0.5) is 0 Å². The number of aliphatic imine (C=N–C) groups is 2. The van der Waals surface area contributed by atoms with Gasteiger partial charge in [-0.1, -0.05) is 25.0 Å². The molecule has 2 aromatic rings. The summed E-state index contributed by atoms with van der Waals surface area (Å²) in [5.41, 5.74) is 1.81. The molecule has 0 spiro atoms. The van der Waals surface area contributed by atoms with Gasteiger partial charge >= 0.3 is 33.3 Å². The second-order valence-corrected chi connectivity index (χ2v) is 7.36. The topological polar surface area (TPSA) is 50.5 Å². The Labute approximate surface area is 163 Å². The third-order valence-electron chi connectivity index (χ3n) is 3.87. The van der Waals surface area contributed by atoms with Crippen molar-refractivity contribution in [1.29, 1.82) is 0 Å². The summed E-state index contributed by atoms with van der Waals surface area (Å²) in [5, 5.41) is 0. The van der Waals surface area contributed by atoms with Crippen LogP contribution < -0.4 is 0 Å². The van der Waals surface area contributed by atoms with Crippen LogP contribution in [0.15, 0.2) is 58.8 Å². The van der Waals surface area contributed by atoms with Crippen molar-refractivity contribution in [1.82, 2.24) is 9.97 Å². The molecule has 1 aliphatic carbocycles. The Balaban J connectivity index is 0.000000701. The third kappa shape index (κ3) is 7.66. The van der Waals surface area contributed by atoms with Crippen molar-refractivity contribution >= 4 is 32.6 Å². The summed E-state index contributed by atoms with van der Waals surface area (Å²) in [6.45, 7) is 0. The summed E-state index contributed by atoms with van der Waals surface area (Å²) in [6.07, 6.45) is 12.0. The van der Waals surface area contributed by atoms with Crippen molar-refractivity contribution in [2.45, 2.75) is 37.8 Å². The van der Waals surface area contributed by atoms with Gasteiger partial charge in [-0.25, -0.2) is 0 Å². The zero-order valence-electron chi connectivity index (χ0n) is 13.7. The summed E-state index contributed by atoms with van der Waals surface area (Å²) in [6, 6.07) is 12.2. The molecular formula is C18H20Cl2FeN4. The number of pyridine rings is 2. The van der Waals surface area contributed by atoms with E-state index in [0.717, 1.165) is 24.2 Å². The second-order valence-electron chi connectivity index (χ2n) is 5.54. The van der Waals surface area contributed by atoms with E-state index in [4.69, 9.17) is 30.2 Å². The molecule has 4 nitrogen and oxygen atoms in total. The normalized spacial score (nSPS) is 20.6. The molecule has 0 aliphatic heterocycles. The Morgan fingerprint density at radius 1 is 0.840 bits per heavy atom. The summed E-state index contributed by atoms with van der Waals surface area (Å²) in [4.78, 5) is 18.0. The molecule has 0 saturated heterocycles. The summed E-state index contributed by atoms with van der Waals surface area (Å²) >= 11 is 0.194. The quantitative estimate of drug-likeness (QED) is 0.533. The number of hydrogen-bond donors (Lipinski definition) is 0. The zero-order chi connectivity index (χ0) is 17.7. The maximum atomic E-state index is 4.76. The van der Waals surface area contributed by atoms with Crippen LogP contribution >= 0.6 is 20.2 Å². The average Bonchev–Trinajstić information content (AvgIpc) is 2.68. The Hall–Kier alpha value is -1.26. The van der Waals surface area contributed by atoms with E-state index in [1.165, 1.54) is 12.8 Å². The van der Waals surface area contributed by atoms with Crippen LogP contribution in [0, 0.1) is 0 Å². The molecule has 2 heterocycles. The second kappa shape index (κ2) is 12.2. The van der Waals surface area contributed by atoms with Gasteiger partial charge in [-0.15, -0.1) is 0 Å². The molecule has 2 aromatic heterocycles. The van der Waals surface area contributed by atoms with E-state index in [1.54, 1.807) is 12.4 Å². The van der Waals surface area contributed by atoms with E-state index < -0.39 is 0 Å². The summed E-state index contributed by atoms with van der Waals surface area (Å²) in [5.74, 6) is 0. The van der Waals surface area contributed by atoms with E-state index >= 15 is 0 Å². The van der Waals surface area contributed by atoms with Gasteiger partial charge in [0.15, 0.2) is 0 Å². The number of rotatable bonds is 4. The van der Waals surface area contributed by atoms with Crippen LogP contribution in [0.1, 0.15) is 37.1 Å². The molecule has 0 amide bonds. The predicted molar refractivity (Wildman–Crippen MR) is 101 cm³/mol. The first-order chi connectivity index (χ1) is 12.3. The van der Waals surface area contributed by atoms with Crippen molar-refractivity contribution < 1.29 is 13.1 Å². The molecule has 134 valence electrons. The molecule has 3 rings (SSSR count). The molecule has 25 heavy (non-hydrogen) atoms. The van der Waals surface area contributed by atoms with Crippen LogP contribution in [-0.4, -0.2) is 34.5 Å². The molecule has 7 heteroatoms. The van der Waals surface area contributed by atoms with Crippen LogP contribution in [-0.2, 0) is 13.1 Å². The Bertz CT molecular complexity index is 595. The van der Waals surface area contributed by atoms with Gasteiger partial charge in [-0.2, -0.15) is 0 Å². The van der Waals surface area contributed by atoms with Gasteiger partial charge in [-0.3, -0.25) is 20.0 Å². The van der Waals surface area contributed by atoms with Gasteiger partial charge < -0.3 is 0 Å². The number of aromatic nitrogens is 2. The molecule has 0 radical (unpaired) electrons. The Morgan fingerprint density at radius 3 is 1.64 bits per heavy atom. The first-order valence-corrected chi connectivity index (χ1v) is 11.1. The van der Waals surface area contributed by atoms with Gasteiger partial charge in [-0.05, 0) is 37.1 Å². The summed E-state index contributed by atoms with van der Waals surface area (Å²) in [7, 11) is 9.53. The number of nitrogens with zero attached hydrogens (tertiary/aromatic N) is 4. The molecule has 2 unspecified atom stereocenters. The number of halogens is 2. The van der Waals surface area contributed by atoms with E-state index in [0.29, 0.717) is 0 Å². The first kappa shape index (κ1) is 20.1. The van der Waals surface area contributed by atoms with Crippen molar-refractivity contribution in [3.63, 3.8) is 0 Å². The predicted octanol–water partition coefficient (Wildman–Crippen LogP) is 4.70. The minimum atomic E-state index is 0.194. The van der Waals surface area contributed by atoms with E-state index in [2.05, 4.69) is 9.97 Å². The van der Waals surface area contributed by atoms with Crippen molar-refractivity contribution in [2.24, 2.45) is 9.98 Å². The molecule has 1 aliphatic rings. The monoisotopic (exact) mass is 418 g/mol. The van der Waals surface area contributed by atoms with Gasteiger partial charge in [0, 0.05) is 24.8 Å². The Kier molecular flexibility index (Phi) is 9.75. The van der Waals surface area contributed by atoms with Gasteiger partial charge in [0.2, 0.25) is 0 Å². The van der Waals surface area contributed by atoms with Crippen LogP contribution in [0.2, 0.25) is 0 Å². The zero-order valence-corrected chi connectivity index (χ0v) is 16.3. The fraction of sp³-hybridized carbons (Fsp3) is 0.333. The third-order valence-corrected chi connectivity index (χ3v) is 3.87. The van der Waals surface area contributed by atoms with Crippen molar-refractivity contribution in [3.8, 4) is 0 Å². The van der Waals surface area contributed by atoms with Crippen LogP contribution in [0.3, 0.4) is 0 Å². The van der Waals surface area contributed by atoms with E-state index in [9.17, 15) is 0 Å². The average molecular weight is 419 g/mol. The standard InChI is InChI=1S/C18H20N4.2ClH.Fe/c1-2-10-18(22-14-16-8-4-6-12-20-16)17(9-1)21-13-15-7-3-5-11-19-15;;;/h3-8,11-14,17-18H,1-2,9-10H2;2*1H;/q;;;+2/p-2. The molecule has 1 saturated carbocycles. The maximum absolute atomic E-state index is 4.76. The fourth-order valence-corrected chi connectivity index (χ4v) is 2.69.